The first-order chi connectivity index (χ1) is 6.58. The van der Waals surface area contributed by atoms with Gasteiger partial charge in [-0.1, -0.05) is 0 Å². The Morgan fingerprint density at radius 2 is 1.86 bits per heavy atom. The van der Waals surface area contributed by atoms with Crippen LogP contribution in [-0.4, -0.2) is 4.92 Å². The first-order valence-corrected chi connectivity index (χ1v) is 4.23. The monoisotopic (exact) mass is 191 g/mol. The van der Waals surface area contributed by atoms with E-state index in [-0.39, 0.29) is 5.88 Å². The highest BCUT2D eigenvalue weighted by Gasteiger charge is 2.13. The third-order valence-electron chi connectivity index (χ3n) is 2.30. The van der Waals surface area contributed by atoms with Gasteiger partial charge in [0.25, 0.3) is 0 Å². The van der Waals surface area contributed by atoms with E-state index in [1.54, 1.807) is 0 Å². The molecule has 1 aromatic carbocycles. The lowest BCUT2D eigenvalue weighted by Gasteiger charge is -1.96. The second-order valence-electron chi connectivity index (χ2n) is 3.32. The van der Waals surface area contributed by atoms with Crippen molar-refractivity contribution in [2.24, 2.45) is 0 Å². The van der Waals surface area contributed by atoms with Crippen molar-refractivity contribution in [2.45, 2.75) is 13.8 Å². The average Bonchev–Trinajstić information content (AvgIpc) is 2.48. The summed E-state index contributed by atoms with van der Waals surface area (Å²) in [6, 6.07) is 5.15. The number of furan rings is 1. The van der Waals surface area contributed by atoms with Crippen LogP contribution in [0.2, 0.25) is 0 Å². The molecular weight excluding hydrogens is 182 g/mol. The van der Waals surface area contributed by atoms with Crippen LogP contribution in [0.1, 0.15) is 11.1 Å². The Morgan fingerprint density at radius 3 is 2.50 bits per heavy atom. The molecule has 72 valence electrons. The summed E-state index contributed by atoms with van der Waals surface area (Å²) in [6.45, 7) is 3.91. The first-order valence-electron chi connectivity index (χ1n) is 4.23. The van der Waals surface area contributed by atoms with Crippen LogP contribution in [0, 0.1) is 24.0 Å². The van der Waals surface area contributed by atoms with E-state index in [1.165, 1.54) is 6.07 Å². The van der Waals surface area contributed by atoms with Gasteiger partial charge in [-0.05, 0) is 37.1 Å². The number of benzene rings is 1. The Kier molecular flexibility index (Phi) is 1.77. The molecule has 0 fully saturated rings. The van der Waals surface area contributed by atoms with Gasteiger partial charge in [-0.15, -0.1) is 0 Å². The van der Waals surface area contributed by atoms with Crippen molar-refractivity contribution in [1.82, 2.24) is 0 Å². The van der Waals surface area contributed by atoms with Crippen LogP contribution in [-0.2, 0) is 0 Å². The van der Waals surface area contributed by atoms with Crippen molar-refractivity contribution in [3.05, 3.63) is 39.4 Å². The normalized spacial score (nSPS) is 10.7. The van der Waals surface area contributed by atoms with E-state index < -0.39 is 4.92 Å². The Morgan fingerprint density at radius 1 is 1.21 bits per heavy atom. The summed E-state index contributed by atoms with van der Waals surface area (Å²) in [5.74, 6) is -0.204. The zero-order valence-electron chi connectivity index (χ0n) is 7.90. The van der Waals surface area contributed by atoms with E-state index in [0.717, 1.165) is 16.5 Å². The van der Waals surface area contributed by atoms with E-state index in [9.17, 15) is 10.1 Å². The number of nitro groups is 1. The van der Waals surface area contributed by atoms with E-state index in [4.69, 9.17) is 4.42 Å². The molecule has 0 radical (unpaired) electrons. The minimum atomic E-state index is -0.523. The van der Waals surface area contributed by atoms with E-state index in [2.05, 4.69) is 0 Å². The van der Waals surface area contributed by atoms with Crippen LogP contribution in [0.15, 0.2) is 22.6 Å². The number of rotatable bonds is 1. The molecule has 0 unspecified atom stereocenters. The Labute approximate surface area is 80.3 Å². The quantitative estimate of drug-likeness (QED) is 0.514. The fourth-order valence-electron chi connectivity index (χ4n) is 1.38. The number of nitrogens with zero attached hydrogens (tertiary/aromatic N) is 1. The minimum absolute atomic E-state index is 0.204. The van der Waals surface area contributed by atoms with Crippen molar-refractivity contribution in [3.8, 4) is 0 Å². The van der Waals surface area contributed by atoms with Crippen LogP contribution in [0.3, 0.4) is 0 Å². The van der Waals surface area contributed by atoms with Crippen molar-refractivity contribution in [2.75, 3.05) is 0 Å². The number of fused-ring (bicyclic) bond motifs is 1. The Bertz CT molecular complexity index is 474. The second-order valence-corrected chi connectivity index (χ2v) is 3.32. The van der Waals surface area contributed by atoms with E-state index in [0.29, 0.717) is 5.58 Å². The maximum atomic E-state index is 10.5. The lowest BCUT2D eigenvalue weighted by Crippen LogP contribution is -1.82. The predicted molar refractivity (Wildman–Crippen MR) is 52.3 cm³/mol. The third-order valence-corrected chi connectivity index (χ3v) is 2.30. The van der Waals surface area contributed by atoms with Crippen LogP contribution < -0.4 is 0 Å². The lowest BCUT2D eigenvalue weighted by molar-refractivity contribution is -0.401. The molecule has 0 spiro atoms. The van der Waals surface area contributed by atoms with Gasteiger partial charge in [0.2, 0.25) is 0 Å². The second kappa shape index (κ2) is 2.83. The number of hydrogen-bond acceptors (Lipinski definition) is 3. The summed E-state index contributed by atoms with van der Waals surface area (Å²) in [6.07, 6.45) is 0. The van der Waals surface area contributed by atoms with Crippen molar-refractivity contribution in [1.29, 1.82) is 0 Å². The smallest absolute Gasteiger partial charge is 0.401 e. The average molecular weight is 191 g/mol. The summed E-state index contributed by atoms with van der Waals surface area (Å²) in [7, 11) is 0. The van der Waals surface area contributed by atoms with Gasteiger partial charge in [0.15, 0.2) is 0 Å². The van der Waals surface area contributed by atoms with Crippen LogP contribution in [0.25, 0.3) is 11.0 Å². The molecule has 14 heavy (non-hydrogen) atoms. The Hall–Kier alpha value is -1.84. The van der Waals surface area contributed by atoms with Gasteiger partial charge in [-0.3, -0.25) is 10.1 Å². The molecule has 0 bridgehead atoms. The fraction of sp³-hybridized carbons (Fsp3) is 0.200. The molecular formula is C10H9NO3. The zero-order valence-corrected chi connectivity index (χ0v) is 7.90. The minimum Gasteiger partial charge on any atom is -0.401 e. The first kappa shape index (κ1) is 8.74. The largest absolute Gasteiger partial charge is 0.434 e. The molecule has 0 aliphatic carbocycles. The third kappa shape index (κ3) is 1.25. The topological polar surface area (TPSA) is 56.3 Å². The fourth-order valence-corrected chi connectivity index (χ4v) is 1.38. The van der Waals surface area contributed by atoms with Crippen LogP contribution in [0.5, 0.6) is 0 Å². The summed E-state index contributed by atoms with van der Waals surface area (Å²) in [5.41, 5.74) is 2.75. The number of hydrogen-bond donors (Lipinski definition) is 0. The zero-order chi connectivity index (χ0) is 10.3. The maximum absolute atomic E-state index is 10.5. The van der Waals surface area contributed by atoms with Gasteiger partial charge < -0.3 is 4.42 Å². The maximum Gasteiger partial charge on any atom is 0.434 e. The van der Waals surface area contributed by atoms with Crippen molar-refractivity contribution < 1.29 is 9.34 Å². The molecule has 0 aliphatic heterocycles. The molecule has 4 heteroatoms. The van der Waals surface area contributed by atoms with Gasteiger partial charge in [0.1, 0.15) is 10.5 Å². The van der Waals surface area contributed by atoms with Crippen LogP contribution in [0.4, 0.5) is 5.88 Å². The molecule has 0 saturated carbocycles. The predicted octanol–water partition coefficient (Wildman–Crippen LogP) is 2.96. The van der Waals surface area contributed by atoms with Gasteiger partial charge in [0, 0.05) is 5.39 Å². The molecule has 0 saturated heterocycles. The van der Waals surface area contributed by atoms with Gasteiger partial charge in [-0.2, -0.15) is 0 Å². The van der Waals surface area contributed by atoms with Gasteiger partial charge in [-0.25, -0.2) is 0 Å². The highest BCUT2D eigenvalue weighted by Crippen LogP contribution is 2.26. The molecule has 0 amide bonds. The van der Waals surface area contributed by atoms with E-state index >= 15 is 0 Å². The molecule has 1 heterocycles. The van der Waals surface area contributed by atoms with Crippen molar-refractivity contribution >= 4 is 16.9 Å². The molecule has 1 aromatic heterocycles. The highest BCUT2D eigenvalue weighted by atomic mass is 16.6. The van der Waals surface area contributed by atoms with E-state index in [1.807, 2.05) is 26.0 Å². The SMILES string of the molecule is Cc1cc2cc([N+](=O)[O-])oc2cc1C. The van der Waals surface area contributed by atoms with Crippen LogP contribution >= 0.6 is 0 Å². The molecule has 0 N–H and O–H groups in total. The summed E-state index contributed by atoms with van der Waals surface area (Å²) in [5, 5.41) is 11.2. The summed E-state index contributed by atoms with van der Waals surface area (Å²) >= 11 is 0. The molecule has 2 rings (SSSR count). The standard InChI is InChI=1S/C10H9NO3/c1-6-3-8-5-10(11(12)13)14-9(8)4-7(6)2/h3-5H,1-2H3. The lowest BCUT2D eigenvalue weighted by atomic mass is 10.1. The summed E-state index contributed by atoms with van der Waals surface area (Å²) < 4.78 is 5.07. The Balaban J connectivity index is 2.72. The number of aryl methyl sites for hydroxylation is 2. The molecule has 0 atom stereocenters. The molecule has 0 aliphatic rings. The van der Waals surface area contributed by atoms with Gasteiger partial charge in [0.05, 0.1) is 6.07 Å². The highest BCUT2D eigenvalue weighted by molar-refractivity contribution is 5.81. The molecule has 2 aromatic rings. The molecule has 4 nitrogen and oxygen atoms in total. The summed E-state index contributed by atoms with van der Waals surface area (Å²) in [4.78, 5) is 9.93. The van der Waals surface area contributed by atoms with Gasteiger partial charge >= 0.3 is 5.88 Å². The van der Waals surface area contributed by atoms with Crippen molar-refractivity contribution in [3.63, 3.8) is 0 Å².